The second-order valence-corrected chi connectivity index (χ2v) is 8.14. The molecule has 2 heterocycles. The number of nitrogens with zero attached hydrogens (tertiary/aromatic N) is 3. The summed E-state index contributed by atoms with van der Waals surface area (Å²) in [6.07, 6.45) is 10.0. The number of aryl methyl sites for hydroxylation is 1. The van der Waals surface area contributed by atoms with Gasteiger partial charge in [-0.3, -0.25) is 24.4 Å². The monoisotopic (exact) mass is 387 g/mol. The van der Waals surface area contributed by atoms with Crippen molar-refractivity contribution in [3.63, 3.8) is 0 Å². The van der Waals surface area contributed by atoms with E-state index >= 15 is 0 Å². The first-order valence-corrected chi connectivity index (χ1v) is 10.4. The average Bonchev–Trinajstić information content (AvgIpc) is 2.73. The molecule has 0 aliphatic carbocycles. The van der Waals surface area contributed by atoms with Crippen LogP contribution in [0.2, 0.25) is 0 Å². The number of hydrogen-bond donors (Lipinski definition) is 0. The van der Waals surface area contributed by atoms with Gasteiger partial charge >= 0.3 is 5.91 Å². The summed E-state index contributed by atoms with van der Waals surface area (Å²) >= 11 is 0. The van der Waals surface area contributed by atoms with Crippen molar-refractivity contribution in [3.05, 3.63) is 30.1 Å². The third-order valence-corrected chi connectivity index (χ3v) is 5.58. The fourth-order valence-electron chi connectivity index (χ4n) is 3.26. The molecule has 6 heteroatoms. The molecule has 6 nitrogen and oxygen atoms in total. The summed E-state index contributed by atoms with van der Waals surface area (Å²) in [6.45, 7) is 6.42. The zero-order valence-electron chi connectivity index (χ0n) is 17.4. The minimum Gasteiger partial charge on any atom is -0.288 e. The quantitative estimate of drug-likeness (QED) is 0.480. The number of aromatic nitrogens is 1. The number of ketones is 1. The lowest BCUT2D eigenvalue weighted by molar-refractivity contribution is -0.172. The van der Waals surface area contributed by atoms with E-state index < -0.39 is 17.1 Å². The molecule has 0 spiro atoms. The highest BCUT2D eigenvalue weighted by molar-refractivity contribution is 6.37. The van der Waals surface area contributed by atoms with Crippen molar-refractivity contribution in [1.29, 1.82) is 0 Å². The van der Waals surface area contributed by atoms with E-state index in [1.165, 1.54) is 15.6 Å². The molecule has 0 atom stereocenters. The number of pyridine rings is 1. The number of unbranched alkanes of at least 4 members (excludes halogenated alkanes) is 2. The Hall–Kier alpha value is -2.24. The number of carbonyl (C=O) groups is 3. The lowest BCUT2D eigenvalue weighted by Gasteiger charge is -2.39. The van der Waals surface area contributed by atoms with Crippen molar-refractivity contribution >= 4 is 17.6 Å². The third kappa shape index (κ3) is 5.88. The van der Waals surface area contributed by atoms with Gasteiger partial charge in [0, 0.05) is 37.3 Å². The van der Waals surface area contributed by atoms with Crippen LogP contribution in [0.4, 0.5) is 0 Å². The minimum absolute atomic E-state index is 0.0588. The van der Waals surface area contributed by atoms with Crippen molar-refractivity contribution in [2.45, 2.75) is 72.1 Å². The topological polar surface area (TPSA) is 70.6 Å². The number of carbonyl (C=O) groups excluding carboxylic acids is 3. The first-order chi connectivity index (χ1) is 13.4. The van der Waals surface area contributed by atoms with Gasteiger partial charge in [0.25, 0.3) is 0 Å². The van der Waals surface area contributed by atoms with Gasteiger partial charge in [0.2, 0.25) is 11.7 Å². The van der Waals surface area contributed by atoms with Gasteiger partial charge in [-0.05, 0) is 50.2 Å². The highest BCUT2D eigenvalue weighted by Crippen LogP contribution is 2.24. The van der Waals surface area contributed by atoms with Crippen LogP contribution < -0.4 is 0 Å². The zero-order chi connectivity index (χ0) is 20.6. The standard InChI is InChI=1S/C22H33N3O3/c1-4-22(2,3)20(27)21(28)25-16-9-8-15-24(25)19(26)13-7-5-6-11-18-12-10-14-23-17-18/h10,12,14,17H,4-9,11,13,15-16H2,1-3H3. The molecule has 28 heavy (non-hydrogen) atoms. The molecule has 1 aliphatic rings. The SMILES string of the molecule is CCC(C)(C)C(=O)C(=O)N1CCCCN1C(=O)CCCCCc1cccnc1. The summed E-state index contributed by atoms with van der Waals surface area (Å²) < 4.78 is 0. The Balaban J connectivity index is 1.84. The molecule has 2 amide bonds. The molecular formula is C22H33N3O3. The predicted molar refractivity (Wildman–Crippen MR) is 108 cm³/mol. The second-order valence-electron chi connectivity index (χ2n) is 8.14. The van der Waals surface area contributed by atoms with Crippen molar-refractivity contribution in [2.24, 2.45) is 5.41 Å². The van der Waals surface area contributed by atoms with Crippen LogP contribution >= 0.6 is 0 Å². The van der Waals surface area contributed by atoms with Crippen LogP contribution in [-0.4, -0.2) is 45.7 Å². The van der Waals surface area contributed by atoms with E-state index in [4.69, 9.17) is 0 Å². The van der Waals surface area contributed by atoms with Gasteiger partial charge in [-0.25, -0.2) is 5.01 Å². The van der Waals surface area contributed by atoms with E-state index in [9.17, 15) is 14.4 Å². The molecule has 0 radical (unpaired) electrons. The van der Waals surface area contributed by atoms with Gasteiger partial charge in [-0.2, -0.15) is 0 Å². The molecule has 1 aromatic heterocycles. The summed E-state index contributed by atoms with van der Waals surface area (Å²) in [4.78, 5) is 42.1. The molecule has 0 aromatic carbocycles. The van der Waals surface area contributed by atoms with Gasteiger partial charge < -0.3 is 0 Å². The third-order valence-electron chi connectivity index (χ3n) is 5.58. The highest BCUT2D eigenvalue weighted by atomic mass is 16.2. The normalized spacial score (nSPS) is 14.8. The summed E-state index contributed by atoms with van der Waals surface area (Å²) in [5.41, 5.74) is 0.508. The summed E-state index contributed by atoms with van der Waals surface area (Å²) in [7, 11) is 0. The molecule has 0 bridgehead atoms. The fraction of sp³-hybridized carbons (Fsp3) is 0.636. The summed E-state index contributed by atoms with van der Waals surface area (Å²) in [5.74, 6) is -1.01. The van der Waals surface area contributed by atoms with Crippen LogP contribution in [0.15, 0.2) is 24.5 Å². The number of hydrazine groups is 1. The van der Waals surface area contributed by atoms with Gasteiger partial charge in [0.15, 0.2) is 0 Å². The number of hydrogen-bond acceptors (Lipinski definition) is 4. The van der Waals surface area contributed by atoms with Crippen molar-refractivity contribution in [1.82, 2.24) is 15.0 Å². The Morgan fingerprint density at radius 2 is 1.79 bits per heavy atom. The molecule has 0 N–H and O–H groups in total. The van der Waals surface area contributed by atoms with Crippen molar-refractivity contribution < 1.29 is 14.4 Å². The Morgan fingerprint density at radius 3 is 2.43 bits per heavy atom. The maximum absolute atomic E-state index is 12.7. The molecule has 0 saturated carbocycles. The second kappa shape index (κ2) is 10.3. The molecule has 0 unspecified atom stereocenters. The van der Waals surface area contributed by atoms with Crippen LogP contribution in [0.3, 0.4) is 0 Å². The van der Waals surface area contributed by atoms with E-state index in [2.05, 4.69) is 11.1 Å². The first-order valence-electron chi connectivity index (χ1n) is 10.4. The van der Waals surface area contributed by atoms with E-state index in [0.717, 1.165) is 38.5 Å². The molecule has 1 aliphatic heterocycles. The number of rotatable bonds is 9. The van der Waals surface area contributed by atoms with Crippen LogP contribution in [0.1, 0.15) is 71.3 Å². The summed E-state index contributed by atoms with van der Waals surface area (Å²) in [5, 5.41) is 2.90. The first kappa shape index (κ1) is 22.1. The van der Waals surface area contributed by atoms with Gasteiger partial charge in [0.05, 0.1) is 0 Å². The number of amides is 2. The fourth-order valence-corrected chi connectivity index (χ4v) is 3.26. The Bertz CT molecular complexity index is 673. The Kier molecular flexibility index (Phi) is 8.15. The largest absolute Gasteiger partial charge is 0.309 e. The average molecular weight is 388 g/mol. The Labute approximate surface area is 168 Å². The molecule has 1 fully saturated rings. The van der Waals surface area contributed by atoms with E-state index in [-0.39, 0.29) is 5.91 Å². The van der Waals surface area contributed by atoms with E-state index in [1.54, 1.807) is 20.0 Å². The van der Waals surface area contributed by atoms with Crippen LogP contribution in [0.25, 0.3) is 0 Å². The maximum Gasteiger partial charge on any atom is 0.309 e. The van der Waals surface area contributed by atoms with Gasteiger partial charge in [-0.1, -0.05) is 33.3 Å². The molecule has 2 rings (SSSR count). The molecule has 154 valence electrons. The predicted octanol–water partition coefficient (Wildman–Crippen LogP) is 3.56. The van der Waals surface area contributed by atoms with E-state index in [1.807, 2.05) is 19.2 Å². The maximum atomic E-state index is 12.7. The lowest BCUT2D eigenvalue weighted by atomic mass is 9.84. The van der Waals surface area contributed by atoms with Gasteiger partial charge in [-0.15, -0.1) is 0 Å². The van der Waals surface area contributed by atoms with Gasteiger partial charge in [0.1, 0.15) is 0 Å². The molecule has 1 saturated heterocycles. The summed E-state index contributed by atoms with van der Waals surface area (Å²) in [6, 6.07) is 3.99. The lowest BCUT2D eigenvalue weighted by Crippen LogP contribution is -2.56. The smallest absolute Gasteiger partial charge is 0.288 e. The van der Waals surface area contributed by atoms with E-state index in [0.29, 0.717) is 25.9 Å². The molecular weight excluding hydrogens is 354 g/mol. The Morgan fingerprint density at radius 1 is 1.07 bits per heavy atom. The van der Waals surface area contributed by atoms with Crippen LogP contribution in [0, 0.1) is 5.41 Å². The van der Waals surface area contributed by atoms with Crippen molar-refractivity contribution in [3.8, 4) is 0 Å². The van der Waals surface area contributed by atoms with Crippen molar-refractivity contribution in [2.75, 3.05) is 13.1 Å². The highest BCUT2D eigenvalue weighted by Gasteiger charge is 2.38. The van der Waals surface area contributed by atoms with Crippen LogP contribution in [-0.2, 0) is 20.8 Å². The zero-order valence-corrected chi connectivity index (χ0v) is 17.4. The number of Topliss-reactive ketones (excluding diaryl/α,β-unsaturated/α-hetero) is 1. The minimum atomic E-state index is -0.699. The van der Waals surface area contributed by atoms with Crippen LogP contribution in [0.5, 0.6) is 0 Å². The molecule has 1 aromatic rings.